The van der Waals surface area contributed by atoms with E-state index in [1.165, 1.54) is 12.1 Å². The van der Waals surface area contributed by atoms with Crippen molar-refractivity contribution in [2.24, 2.45) is 0 Å². The molecular formula is C19H15BrF3N3O2. The predicted octanol–water partition coefficient (Wildman–Crippen LogP) is 4.37. The quantitative estimate of drug-likeness (QED) is 0.639. The summed E-state index contributed by atoms with van der Waals surface area (Å²) in [6.07, 6.45) is -2.21. The number of rotatable bonds is 3. The summed E-state index contributed by atoms with van der Waals surface area (Å²) in [6, 6.07) is 6.48. The van der Waals surface area contributed by atoms with Gasteiger partial charge >= 0.3 is 6.18 Å². The minimum Gasteiger partial charge on any atom is -0.467 e. The van der Waals surface area contributed by atoms with E-state index in [-0.39, 0.29) is 11.4 Å². The van der Waals surface area contributed by atoms with Crippen LogP contribution in [-0.2, 0) is 25.7 Å². The molecule has 2 aromatic heterocycles. The first-order valence-corrected chi connectivity index (χ1v) is 9.34. The Morgan fingerprint density at radius 3 is 2.64 bits per heavy atom. The number of hydrogen-bond donors (Lipinski definition) is 1. The lowest BCUT2D eigenvalue weighted by molar-refractivity contribution is -0.137. The van der Waals surface area contributed by atoms with Gasteiger partial charge in [0.05, 0.1) is 27.8 Å². The zero-order valence-corrected chi connectivity index (χ0v) is 16.1. The van der Waals surface area contributed by atoms with Gasteiger partial charge in [-0.3, -0.25) is 9.69 Å². The lowest BCUT2D eigenvalue weighted by atomic mass is 10.1. The van der Waals surface area contributed by atoms with Crippen molar-refractivity contribution in [1.82, 2.24) is 14.9 Å². The Kier molecular flexibility index (Phi) is 4.88. The molecule has 0 fully saturated rings. The predicted molar refractivity (Wildman–Crippen MR) is 99.5 cm³/mol. The Balaban J connectivity index is 1.56. The molecule has 3 heterocycles. The SMILES string of the molecule is O=c1[nH]c(-c2ccc(C(F)(F)F)cc2)nc2c1CN(Cc1cc(Br)co1)CC2. The molecule has 1 aliphatic rings. The lowest BCUT2D eigenvalue weighted by Crippen LogP contribution is -2.35. The molecule has 0 atom stereocenters. The summed E-state index contributed by atoms with van der Waals surface area (Å²) >= 11 is 3.34. The first-order chi connectivity index (χ1) is 13.3. The van der Waals surface area contributed by atoms with Crippen LogP contribution < -0.4 is 5.56 Å². The largest absolute Gasteiger partial charge is 0.467 e. The smallest absolute Gasteiger partial charge is 0.416 e. The van der Waals surface area contributed by atoms with Gasteiger partial charge in [0.2, 0.25) is 0 Å². The van der Waals surface area contributed by atoms with Crippen molar-refractivity contribution in [2.75, 3.05) is 6.54 Å². The maximum absolute atomic E-state index is 12.7. The molecule has 1 aliphatic heterocycles. The number of benzene rings is 1. The molecule has 5 nitrogen and oxygen atoms in total. The van der Waals surface area contributed by atoms with Crippen molar-refractivity contribution in [2.45, 2.75) is 25.7 Å². The van der Waals surface area contributed by atoms with E-state index < -0.39 is 11.7 Å². The van der Waals surface area contributed by atoms with Crippen molar-refractivity contribution in [3.05, 3.63) is 74.0 Å². The van der Waals surface area contributed by atoms with E-state index in [1.807, 2.05) is 6.07 Å². The Bertz CT molecular complexity index is 1060. The van der Waals surface area contributed by atoms with Gasteiger partial charge in [0.25, 0.3) is 5.56 Å². The van der Waals surface area contributed by atoms with Gasteiger partial charge in [0.1, 0.15) is 17.8 Å². The number of aromatic nitrogens is 2. The average Bonchev–Trinajstić information content (AvgIpc) is 3.06. The standard InChI is InChI=1S/C19H15BrF3N3O2/c20-13-7-14(28-10-13)8-26-6-5-16-15(9-26)18(27)25-17(24-16)11-1-3-12(4-2-11)19(21,22)23/h1-4,7,10H,5-6,8-9H2,(H,24,25,27). The minimum absolute atomic E-state index is 0.273. The van der Waals surface area contributed by atoms with Crippen molar-refractivity contribution in [1.29, 1.82) is 0 Å². The molecule has 0 amide bonds. The number of nitrogens with zero attached hydrogens (tertiary/aromatic N) is 2. The summed E-state index contributed by atoms with van der Waals surface area (Å²) in [7, 11) is 0. The van der Waals surface area contributed by atoms with E-state index in [1.54, 1.807) is 6.26 Å². The molecule has 28 heavy (non-hydrogen) atoms. The first kappa shape index (κ1) is 18.9. The number of H-pyrrole nitrogens is 1. The Hall–Kier alpha value is -2.39. The minimum atomic E-state index is -4.40. The van der Waals surface area contributed by atoms with E-state index in [2.05, 4.69) is 30.8 Å². The number of aromatic amines is 1. The zero-order valence-electron chi connectivity index (χ0n) is 14.5. The van der Waals surface area contributed by atoms with Crippen LogP contribution in [0.3, 0.4) is 0 Å². The molecule has 0 saturated carbocycles. The normalized spacial score (nSPS) is 14.9. The maximum Gasteiger partial charge on any atom is 0.416 e. The highest BCUT2D eigenvalue weighted by Gasteiger charge is 2.30. The monoisotopic (exact) mass is 453 g/mol. The fourth-order valence-electron chi connectivity index (χ4n) is 3.23. The van der Waals surface area contributed by atoms with Crippen LogP contribution in [0.25, 0.3) is 11.4 Å². The number of alkyl halides is 3. The summed E-state index contributed by atoms with van der Waals surface area (Å²) in [5.74, 6) is 1.07. The van der Waals surface area contributed by atoms with E-state index >= 15 is 0 Å². The summed E-state index contributed by atoms with van der Waals surface area (Å²) < 4.78 is 44.4. The van der Waals surface area contributed by atoms with E-state index in [0.717, 1.165) is 22.4 Å². The van der Waals surface area contributed by atoms with Crippen LogP contribution in [0.5, 0.6) is 0 Å². The van der Waals surface area contributed by atoms with Crippen molar-refractivity contribution < 1.29 is 17.6 Å². The second-order valence-electron chi connectivity index (χ2n) is 6.61. The third-order valence-electron chi connectivity index (χ3n) is 4.63. The van der Waals surface area contributed by atoms with Crippen LogP contribution in [0, 0.1) is 0 Å². The molecule has 0 saturated heterocycles. The number of hydrogen-bond acceptors (Lipinski definition) is 4. The summed E-state index contributed by atoms with van der Waals surface area (Å²) in [6.45, 7) is 1.71. The highest BCUT2D eigenvalue weighted by atomic mass is 79.9. The first-order valence-electron chi connectivity index (χ1n) is 8.54. The van der Waals surface area contributed by atoms with Gasteiger partial charge < -0.3 is 9.40 Å². The Morgan fingerprint density at radius 2 is 2.00 bits per heavy atom. The average molecular weight is 454 g/mol. The summed E-state index contributed by atoms with van der Waals surface area (Å²) in [4.78, 5) is 21.8. The molecule has 9 heteroatoms. The maximum atomic E-state index is 12.7. The fraction of sp³-hybridized carbons (Fsp3) is 0.263. The van der Waals surface area contributed by atoms with Crippen molar-refractivity contribution >= 4 is 15.9 Å². The molecule has 0 aliphatic carbocycles. The molecule has 1 aromatic carbocycles. The molecule has 0 radical (unpaired) electrons. The van der Waals surface area contributed by atoms with Crippen LogP contribution in [0.2, 0.25) is 0 Å². The lowest BCUT2D eigenvalue weighted by Gasteiger charge is -2.26. The van der Waals surface area contributed by atoms with Crippen LogP contribution in [-0.4, -0.2) is 21.4 Å². The molecule has 0 unspecified atom stereocenters. The Morgan fingerprint density at radius 1 is 1.25 bits per heavy atom. The van der Waals surface area contributed by atoms with Gasteiger partial charge in [-0.15, -0.1) is 0 Å². The van der Waals surface area contributed by atoms with E-state index in [4.69, 9.17) is 4.42 Å². The highest BCUT2D eigenvalue weighted by molar-refractivity contribution is 9.10. The molecule has 0 bridgehead atoms. The third-order valence-corrected chi connectivity index (χ3v) is 5.05. The topological polar surface area (TPSA) is 62.1 Å². The number of halogens is 4. The van der Waals surface area contributed by atoms with Crippen LogP contribution >= 0.6 is 15.9 Å². The van der Waals surface area contributed by atoms with Crippen LogP contribution in [0.1, 0.15) is 22.6 Å². The van der Waals surface area contributed by atoms with Gasteiger partial charge in [0.15, 0.2) is 0 Å². The fourth-order valence-corrected chi connectivity index (χ4v) is 3.58. The van der Waals surface area contributed by atoms with Gasteiger partial charge in [0, 0.05) is 25.1 Å². The van der Waals surface area contributed by atoms with Gasteiger partial charge in [-0.05, 0) is 34.1 Å². The third kappa shape index (κ3) is 3.90. The molecule has 0 spiro atoms. The summed E-state index contributed by atoms with van der Waals surface area (Å²) in [5, 5.41) is 0. The molecule has 146 valence electrons. The zero-order chi connectivity index (χ0) is 19.9. The summed E-state index contributed by atoms with van der Waals surface area (Å²) in [5.41, 5.74) is 0.681. The van der Waals surface area contributed by atoms with Crippen molar-refractivity contribution in [3.63, 3.8) is 0 Å². The second kappa shape index (κ2) is 7.21. The molecule has 4 rings (SSSR count). The van der Waals surface area contributed by atoms with Gasteiger partial charge in [-0.25, -0.2) is 4.98 Å². The number of nitrogens with one attached hydrogen (secondary N) is 1. The van der Waals surface area contributed by atoms with Crippen LogP contribution in [0.4, 0.5) is 13.2 Å². The second-order valence-corrected chi connectivity index (χ2v) is 7.52. The highest BCUT2D eigenvalue weighted by Crippen LogP contribution is 2.30. The molecular weight excluding hydrogens is 439 g/mol. The van der Waals surface area contributed by atoms with Gasteiger partial charge in [-0.2, -0.15) is 13.2 Å². The van der Waals surface area contributed by atoms with Crippen LogP contribution in [0.15, 0.2) is 50.3 Å². The molecule has 3 aromatic rings. The molecule has 1 N–H and O–H groups in total. The van der Waals surface area contributed by atoms with Gasteiger partial charge in [-0.1, -0.05) is 12.1 Å². The van der Waals surface area contributed by atoms with E-state index in [0.29, 0.717) is 42.9 Å². The number of fused-ring (bicyclic) bond motifs is 1. The Labute approximate surface area is 166 Å². The number of furan rings is 1. The van der Waals surface area contributed by atoms with E-state index in [9.17, 15) is 18.0 Å². The van der Waals surface area contributed by atoms with Crippen molar-refractivity contribution in [3.8, 4) is 11.4 Å².